The second-order valence-corrected chi connectivity index (χ2v) is 7.98. The fraction of sp³-hybridized carbons (Fsp3) is 0.381. The van der Waals surface area contributed by atoms with Crippen molar-refractivity contribution in [3.05, 3.63) is 65.2 Å². The summed E-state index contributed by atoms with van der Waals surface area (Å²) in [6.45, 7) is 2.79. The van der Waals surface area contributed by atoms with E-state index in [1.807, 2.05) is 12.1 Å². The molecule has 25 heavy (non-hydrogen) atoms. The number of nitrogens with zero attached hydrogens (tertiary/aromatic N) is 1. The first kappa shape index (κ1) is 18.0. The first-order valence-electron chi connectivity index (χ1n) is 8.86. The van der Waals surface area contributed by atoms with E-state index in [1.165, 1.54) is 21.6 Å². The maximum absolute atomic E-state index is 12.6. The van der Waals surface area contributed by atoms with E-state index < -0.39 is 0 Å². The zero-order chi connectivity index (χ0) is 17.8. The maximum atomic E-state index is 12.6. The lowest BCUT2D eigenvalue weighted by molar-refractivity contribution is -0.120. The maximum Gasteiger partial charge on any atom is 0.233 e. The molecular formula is C21H26N2OS. The Balaban J connectivity index is 1.61. The molecule has 1 aliphatic heterocycles. The van der Waals surface area contributed by atoms with Crippen LogP contribution in [0.4, 0.5) is 0 Å². The van der Waals surface area contributed by atoms with Crippen LogP contribution >= 0.6 is 11.8 Å². The lowest BCUT2D eigenvalue weighted by Gasteiger charge is -2.26. The van der Waals surface area contributed by atoms with Crippen molar-refractivity contribution >= 4 is 17.7 Å². The molecule has 0 radical (unpaired) electrons. The molecule has 2 aromatic carbocycles. The third-order valence-corrected chi connectivity index (χ3v) is 6.12. The number of carbonyl (C=O) groups excluding carboxylic acids is 1. The fourth-order valence-corrected chi connectivity index (χ4v) is 4.43. The van der Waals surface area contributed by atoms with Crippen molar-refractivity contribution in [3.63, 3.8) is 0 Å². The van der Waals surface area contributed by atoms with Crippen LogP contribution in [0.15, 0.2) is 53.4 Å². The van der Waals surface area contributed by atoms with Crippen LogP contribution in [0.2, 0.25) is 0 Å². The second kappa shape index (κ2) is 8.07. The number of nitrogens with one attached hydrogen (secondary N) is 1. The van der Waals surface area contributed by atoms with E-state index in [0.717, 1.165) is 12.8 Å². The van der Waals surface area contributed by atoms with Crippen LogP contribution in [0.25, 0.3) is 0 Å². The van der Waals surface area contributed by atoms with Crippen LogP contribution in [-0.4, -0.2) is 36.7 Å². The van der Waals surface area contributed by atoms with E-state index in [1.54, 1.807) is 11.8 Å². The predicted molar refractivity (Wildman–Crippen MR) is 105 cm³/mol. The highest BCUT2D eigenvalue weighted by molar-refractivity contribution is 8.01. The molecule has 132 valence electrons. The van der Waals surface area contributed by atoms with Gasteiger partial charge in [-0.25, -0.2) is 0 Å². The lowest BCUT2D eigenvalue weighted by Crippen LogP contribution is -2.38. The Morgan fingerprint density at radius 1 is 1.20 bits per heavy atom. The van der Waals surface area contributed by atoms with Crippen LogP contribution < -0.4 is 5.32 Å². The van der Waals surface area contributed by atoms with Gasteiger partial charge in [0.1, 0.15) is 0 Å². The van der Waals surface area contributed by atoms with E-state index in [0.29, 0.717) is 6.54 Å². The van der Waals surface area contributed by atoms with Gasteiger partial charge in [-0.05, 0) is 49.7 Å². The first-order chi connectivity index (χ1) is 12.1. The summed E-state index contributed by atoms with van der Waals surface area (Å²) in [5, 5.41) is 3.16. The molecule has 3 nitrogen and oxygen atoms in total. The van der Waals surface area contributed by atoms with Crippen molar-refractivity contribution in [1.29, 1.82) is 0 Å². The molecule has 1 N–H and O–H groups in total. The summed E-state index contributed by atoms with van der Waals surface area (Å²) >= 11 is 1.68. The average Bonchev–Trinajstić information content (AvgIpc) is 3.06. The standard InChI is InChI=1S/C21H26N2OS/c1-4-15-9-11-16(12-10-15)18(23(2)3)14-22-21(24)20-13-17-7-5-6-8-19(17)25-20/h5-12,18,20H,4,13-14H2,1-3H3,(H,22,24)/t18-,20-/m0/s1. The predicted octanol–water partition coefficient (Wildman–Crippen LogP) is 3.68. The Labute approximate surface area is 154 Å². The van der Waals surface area contributed by atoms with Crippen LogP contribution in [0.3, 0.4) is 0 Å². The second-order valence-electron chi connectivity index (χ2n) is 6.74. The lowest BCUT2D eigenvalue weighted by atomic mass is 10.0. The van der Waals surface area contributed by atoms with Gasteiger partial charge in [-0.15, -0.1) is 11.8 Å². The molecule has 3 rings (SSSR count). The summed E-state index contributed by atoms with van der Waals surface area (Å²) in [6.07, 6.45) is 1.87. The number of hydrogen-bond acceptors (Lipinski definition) is 3. The van der Waals surface area contributed by atoms with Crippen LogP contribution in [0.5, 0.6) is 0 Å². The minimum Gasteiger partial charge on any atom is -0.353 e. The number of rotatable bonds is 6. The monoisotopic (exact) mass is 354 g/mol. The molecule has 2 aromatic rings. The molecule has 1 heterocycles. The van der Waals surface area contributed by atoms with Crippen molar-refractivity contribution in [3.8, 4) is 0 Å². The summed E-state index contributed by atoms with van der Waals surface area (Å²) in [5.41, 5.74) is 3.86. The Morgan fingerprint density at radius 3 is 2.56 bits per heavy atom. The van der Waals surface area contributed by atoms with Gasteiger partial charge < -0.3 is 10.2 Å². The minimum atomic E-state index is -0.0114. The molecule has 1 amide bonds. The number of carbonyl (C=O) groups is 1. The summed E-state index contributed by atoms with van der Waals surface area (Å²) in [4.78, 5) is 16.0. The van der Waals surface area contributed by atoms with Crippen molar-refractivity contribution in [1.82, 2.24) is 10.2 Å². The molecule has 0 unspecified atom stereocenters. The molecular weight excluding hydrogens is 328 g/mol. The smallest absolute Gasteiger partial charge is 0.233 e. The van der Waals surface area contributed by atoms with Gasteiger partial charge in [0.15, 0.2) is 0 Å². The third-order valence-electron chi connectivity index (χ3n) is 4.81. The summed E-state index contributed by atoms with van der Waals surface area (Å²) in [7, 11) is 4.12. The Kier molecular flexibility index (Phi) is 5.82. The number of hydrogen-bond donors (Lipinski definition) is 1. The fourth-order valence-electron chi connectivity index (χ4n) is 3.21. The normalized spacial score (nSPS) is 17.4. The van der Waals surface area contributed by atoms with Gasteiger partial charge in [0, 0.05) is 11.4 Å². The molecule has 0 fully saturated rings. The SMILES string of the molecule is CCc1ccc([C@H](CNC(=O)[C@@H]2Cc3ccccc3S2)N(C)C)cc1. The van der Waals surface area contributed by atoms with Crippen LogP contribution in [-0.2, 0) is 17.6 Å². The molecule has 0 aromatic heterocycles. The molecule has 0 aliphatic carbocycles. The van der Waals surface area contributed by atoms with Gasteiger partial charge in [-0.1, -0.05) is 49.4 Å². The van der Waals surface area contributed by atoms with E-state index >= 15 is 0 Å². The number of likely N-dealkylation sites (N-methyl/N-ethyl adjacent to an activating group) is 1. The molecule has 0 saturated carbocycles. The average molecular weight is 355 g/mol. The number of thioether (sulfide) groups is 1. The van der Waals surface area contributed by atoms with Crippen LogP contribution in [0, 0.1) is 0 Å². The zero-order valence-corrected chi connectivity index (χ0v) is 16.0. The highest BCUT2D eigenvalue weighted by atomic mass is 32.2. The quantitative estimate of drug-likeness (QED) is 0.859. The molecule has 4 heteroatoms. The summed E-state index contributed by atoms with van der Waals surface area (Å²) in [6, 6.07) is 17.2. The van der Waals surface area contributed by atoms with Gasteiger partial charge in [-0.2, -0.15) is 0 Å². The number of aryl methyl sites for hydroxylation is 1. The van der Waals surface area contributed by atoms with Crippen molar-refractivity contribution in [2.45, 2.75) is 36.0 Å². The van der Waals surface area contributed by atoms with E-state index in [4.69, 9.17) is 0 Å². The van der Waals surface area contributed by atoms with Gasteiger partial charge in [-0.3, -0.25) is 4.79 Å². The highest BCUT2D eigenvalue weighted by Gasteiger charge is 2.28. The van der Waals surface area contributed by atoms with E-state index in [9.17, 15) is 4.79 Å². The van der Waals surface area contributed by atoms with E-state index in [2.05, 4.69) is 67.6 Å². The highest BCUT2D eigenvalue weighted by Crippen LogP contribution is 2.36. The number of benzene rings is 2. The Morgan fingerprint density at radius 2 is 1.92 bits per heavy atom. The summed E-state index contributed by atoms with van der Waals surface area (Å²) in [5.74, 6) is 0.137. The molecule has 0 spiro atoms. The third kappa shape index (κ3) is 4.25. The molecule has 1 aliphatic rings. The van der Waals surface area contributed by atoms with E-state index in [-0.39, 0.29) is 17.2 Å². The Hall–Kier alpha value is -1.78. The van der Waals surface area contributed by atoms with Crippen molar-refractivity contribution in [2.24, 2.45) is 0 Å². The van der Waals surface area contributed by atoms with Gasteiger partial charge in [0.2, 0.25) is 5.91 Å². The topological polar surface area (TPSA) is 32.3 Å². The molecule has 2 atom stereocenters. The van der Waals surface area contributed by atoms with Crippen molar-refractivity contribution < 1.29 is 4.79 Å². The largest absolute Gasteiger partial charge is 0.353 e. The number of amides is 1. The Bertz CT molecular complexity index is 702. The van der Waals surface area contributed by atoms with Crippen LogP contribution in [0.1, 0.15) is 29.7 Å². The van der Waals surface area contributed by atoms with Gasteiger partial charge >= 0.3 is 0 Å². The molecule has 0 bridgehead atoms. The number of fused-ring (bicyclic) bond motifs is 1. The first-order valence-corrected chi connectivity index (χ1v) is 9.74. The minimum absolute atomic E-state index is 0.0114. The van der Waals surface area contributed by atoms with Gasteiger partial charge in [0.05, 0.1) is 11.3 Å². The molecule has 0 saturated heterocycles. The van der Waals surface area contributed by atoms with Crippen molar-refractivity contribution in [2.75, 3.05) is 20.6 Å². The zero-order valence-electron chi connectivity index (χ0n) is 15.2. The summed E-state index contributed by atoms with van der Waals surface area (Å²) < 4.78 is 0. The van der Waals surface area contributed by atoms with Gasteiger partial charge in [0.25, 0.3) is 0 Å².